The Balaban J connectivity index is 1.86. The molecule has 0 unspecified atom stereocenters. The maximum Gasteiger partial charge on any atom is 0.305 e. The molecule has 0 aliphatic rings. The first-order valence-corrected chi connectivity index (χ1v) is 14.0. The molecule has 2 aromatic carbocycles. The SMILES string of the molecule is CC(C)c1c(C(=O)Nc2ccccc2)c(-c2cccs2)c(-c2ccc(F)cc2)n1CC[C@@H](O)C[C@@H](O)CC(=O)O. The summed E-state index contributed by atoms with van der Waals surface area (Å²) in [5, 5.41) is 34.6. The zero-order chi connectivity index (χ0) is 28.8. The molecule has 0 aliphatic carbocycles. The van der Waals surface area contributed by atoms with E-state index in [0.717, 1.165) is 21.8 Å². The van der Waals surface area contributed by atoms with Crippen molar-refractivity contribution in [3.8, 4) is 21.7 Å². The Labute approximate surface area is 236 Å². The molecule has 0 radical (unpaired) electrons. The standard InChI is InChI=1S/C31H33FN2O5S/c1-19(2)29-28(31(39)33-22-7-4-3-5-8-22)27(25-9-6-16-40-25)30(20-10-12-21(32)13-11-20)34(29)15-14-23(35)17-24(36)18-26(37)38/h3-13,16,19,23-24,35-36H,14-15,17-18H2,1-2H3,(H,33,39)(H,37,38)/t23-,24-/m1/s1. The van der Waals surface area contributed by atoms with Gasteiger partial charge in [-0.25, -0.2) is 4.39 Å². The van der Waals surface area contributed by atoms with Crippen LogP contribution in [0.25, 0.3) is 21.7 Å². The van der Waals surface area contributed by atoms with Crippen LogP contribution in [-0.2, 0) is 11.3 Å². The molecule has 0 spiro atoms. The number of amides is 1. The molecule has 2 heterocycles. The normalized spacial score (nSPS) is 12.8. The maximum absolute atomic E-state index is 14.0. The average molecular weight is 565 g/mol. The van der Waals surface area contributed by atoms with E-state index in [4.69, 9.17) is 5.11 Å². The highest BCUT2D eigenvalue weighted by Crippen LogP contribution is 2.44. The Kier molecular flexibility index (Phi) is 9.52. The molecule has 0 saturated heterocycles. The molecule has 4 aromatic rings. The smallest absolute Gasteiger partial charge is 0.305 e. The fourth-order valence-corrected chi connectivity index (χ4v) is 5.76. The van der Waals surface area contributed by atoms with Crippen LogP contribution in [0.1, 0.15) is 55.1 Å². The summed E-state index contributed by atoms with van der Waals surface area (Å²) in [6.45, 7) is 4.27. The largest absolute Gasteiger partial charge is 0.481 e. The number of para-hydroxylation sites is 1. The molecule has 9 heteroatoms. The molecular formula is C31H33FN2O5S. The van der Waals surface area contributed by atoms with Gasteiger partial charge < -0.3 is 25.2 Å². The van der Waals surface area contributed by atoms with Crippen LogP contribution in [0.2, 0.25) is 0 Å². The Morgan fingerprint density at radius 1 is 0.975 bits per heavy atom. The number of nitrogens with one attached hydrogen (secondary N) is 1. The van der Waals surface area contributed by atoms with Crippen LogP contribution < -0.4 is 5.32 Å². The number of aliphatic carboxylic acids is 1. The van der Waals surface area contributed by atoms with Gasteiger partial charge in [0.1, 0.15) is 5.82 Å². The second-order valence-electron chi connectivity index (χ2n) is 10.0. The first kappa shape index (κ1) is 29.2. The quantitative estimate of drug-likeness (QED) is 0.160. The first-order chi connectivity index (χ1) is 19.2. The van der Waals surface area contributed by atoms with E-state index in [-0.39, 0.29) is 37.0 Å². The summed E-state index contributed by atoms with van der Waals surface area (Å²) >= 11 is 1.49. The zero-order valence-electron chi connectivity index (χ0n) is 22.4. The number of aromatic nitrogens is 1. The summed E-state index contributed by atoms with van der Waals surface area (Å²) in [5.41, 5.74) is 4.07. The Bertz CT molecular complexity index is 1430. The molecule has 0 fully saturated rings. The molecule has 7 nitrogen and oxygen atoms in total. The number of carboxylic acid groups (broad SMARTS) is 1. The molecule has 4 rings (SSSR count). The van der Waals surface area contributed by atoms with Gasteiger partial charge in [-0.1, -0.05) is 38.1 Å². The molecular weight excluding hydrogens is 531 g/mol. The molecule has 4 N–H and O–H groups in total. The van der Waals surface area contributed by atoms with E-state index in [1.165, 1.54) is 23.5 Å². The van der Waals surface area contributed by atoms with Crippen LogP contribution in [0.15, 0.2) is 72.1 Å². The number of hydrogen-bond acceptors (Lipinski definition) is 5. The summed E-state index contributed by atoms with van der Waals surface area (Å²) in [7, 11) is 0. The third-order valence-corrected chi connectivity index (χ3v) is 7.52. The van der Waals surface area contributed by atoms with Crippen molar-refractivity contribution in [1.29, 1.82) is 0 Å². The van der Waals surface area contributed by atoms with Crippen LogP contribution in [-0.4, -0.2) is 44.0 Å². The summed E-state index contributed by atoms with van der Waals surface area (Å²) < 4.78 is 16.0. The summed E-state index contributed by atoms with van der Waals surface area (Å²) in [6.07, 6.45) is -2.47. The second-order valence-corrected chi connectivity index (χ2v) is 11.0. The summed E-state index contributed by atoms with van der Waals surface area (Å²) in [6, 6.07) is 19.1. The third-order valence-electron chi connectivity index (χ3n) is 6.63. The summed E-state index contributed by atoms with van der Waals surface area (Å²) in [5.74, 6) is -1.90. The van der Waals surface area contributed by atoms with E-state index < -0.39 is 24.6 Å². The minimum absolute atomic E-state index is 0.0877. The fourth-order valence-electron chi connectivity index (χ4n) is 4.98. The number of aliphatic hydroxyl groups excluding tert-OH is 2. The molecule has 1 amide bonds. The Hall–Kier alpha value is -3.79. The molecule has 40 heavy (non-hydrogen) atoms. The van der Waals surface area contributed by atoms with Gasteiger partial charge >= 0.3 is 5.97 Å². The lowest BCUT2D eigenvalue weighted by molar-refractivity contribution is -0.139. The van der Waals surface area contributed by atoms with Crippen LogP contribution in [0, 0.1) is 5.82 Å². The number of nitrogens with zero attached hydrogens (tertiary/aromatic N) is 1. The van der Waals surface area contributed by atoms with Crippen molar-refractivity contribution in [3.63, 3.8) is 0 Å². The van der Waals surface area contributed by atoms with Crippen LogP contribution >= 0.6 is 11.3 Å². The number of carboxylic acids is 1. The van der Waals surface area contributed by atoms with Gasteiger partial charge in [0.05, 0.1) is 29.9 Å². The van der Waals surface area contributed by atoms with Crippen LogP contribution in [0.3, 0.4) is 0 Å². The van der Waals surface area contributed by atoms with Crippen molar-refractivity contribution in [1.82, 2.24) is 4.57 Å². The highest BCUT2D eigenvalue weighted by Gasteiger charge is 2.31. The first-order valence-electron chi connectivity index (χ1n) is 13.2. The predicted molar refractivity (Wildman–Crippen MR) is 155 cm³/mol. The molecule has 0 aliphatic heterocycles. The monoisotopic (exact) mass is 564 g/mol. The average Bonchev–Trinajstić information content (AvgIpc) is 3.54. The lowest BCUT2D eigenvalue weighted by atomic mass is 9.98. The zero-order valence-corrected chi connectivity index (χ0v) is 23.2. The highest BCUT2D eigenvalue weighted by molar-refractivity contribution is 7.13. The molecule has 2 atom stereocenters. The van der Waals surface area contributed by atoms with Crippen molar-refractivity contribution in [2.24, 2.45) is 0 Å². The van der Waals surface area contributed by atoms with E-state index in [9.17, 15) is 24.2 Å². The van der Waals surface area contributed by atoms with Gasteiger partial charge in [-0.15, -0.1) is 11.3 Å². The Morgan fingerprint density at radius 3 is 2.27 bits per heavy atom. The van der Waals surface area contributed by atoms with Crippen molar-refractivity contribution in [3.05, 3.63) is 89.2 Å². The van der Waals surface area contributed by atoms with Gasteiger partial charge in [-0.05, 0) is 72.2 Å². The second kappa shape index (κ2) is 13.0. The number of benzene rings is 2. The van der Waals surface area contributed by atoms with E-state index in [1.54, 1.807) is 12.1 Å². The molecule has 0 saturated carbocycles. The fraction of sp³-hybridized carbons (Fsp3) is 0.290. The van der Waals surface area contributed by atoms with Gasteiger partial charge in [-0.2, -0.15) is 0 Å². The number of thiophene rings is 1. The maximum atomic E-state index is 14.0. The van der Waals surface area contributed by atoms with Crippen molar-refractivity contribution < 1.29 is 29.3 Å². The third kappa shape index (κ3) is 6.85. The highest BCUT2D eigenvalue weighted by atomic mass is 32.1. The minimum Gasteiger partial charge on any atom is -0.481 e. The van der Waals surface area contributed by atoms with E-state index in [1.807, 2.05) is 66.3 Å². The van der Waals surface area contributed by atoms with Crippen molar-refractivity contribution >= 4 is 28.9 Å². The number of anilines is 1. The lowest BCUT2D eigenvalue weighted by Crippen LogP contribution is -2.22. The molecule has 0 bridgehead atoms. The van der Waals surface area contributed by atoms with Gasteiger partial charge in [0, 0.05) is 28.4 Å². The van der Waals surface area contributed by atoms with Crippen molar-refractivity contribution in [2.45, 2.75) is 57.8 Å². The van der Waals surface area contributed by atoms with Gasteiger partial charge in [-0.3, -0.25) is 9.59 Å². The van der Waals surface area contributed by atoms with E-state index in [0.29, 0.717) is 16.8 Å². The van der Waals surface area contributed by atoms with Crippen molar-refractivity contribution in [2.75, 3.05) is 5.32 Å². The van der Waals surface area contributed by atoms with E-state index >= 15 is 0 Å². The molecule has 210 valence electrons. The summed E-state index contributed by atoms with van der Waals surface area (Å²) in [4.78, 5) is 25.8. The predicted octanol–water partition coefficient (Wildman–Crippen LogP) is 6.38. The minimum atomic E-state index is -1.17. The van der Waals surface area contributed by atoms with Crippen LogP contribution in [0.5, 0.6) is 0 Å². The number of carbonyl (C=O) groups excluding carboxylic acids is 1. The Morgan fingerprint density at radius 2 is 1.68 bits per heavy atom. The van der Waals surface area contributed by atoms with Crippen LogP contribution in [0.4, 0.5) is 10.1 Å². The number of hydrogen-bond donors (Lipinski definition) is 4. The van der Waals surface area contributed by atoms with Gasteiger partial charge in [0.2, 0.25) is 0 Å². The number of carbonyl (C=O) groups is 2. The lowest BCUT2D eigenvalue weighted by Gasteiger charge is -2.20. The van der Waals surface area contributed by atoms with Gasteiger partial charge in [0.15, 0.2) is 0 Å². The number of rotatable bonds is 12. The topological polar surface area (TPSA) is 112 Å². The van der Waals surface area contributed by atoms with E-state index in [2.05, 4.69) is 5.32 Å². The van der Waals surface area contributed by atoms with Gasteiger partial charge in [0.25, 0.3) is 5.91 Å². The number of halogens is 1. The number of aliphatic hydroxyl groups is 2. The molecule has 2 aromatic heterocycles.